The highest BCUT2D eigenvalue weighted by molar-refractivity contribution is 5.66. The second-order valence-electron chi connectivity index (χ2n) is 21.3. The van der Waals surface area contributed by atoms with Crippen LogP contribution in [0, 0.1) is 108 Å². The molecule has 1 unspecified atom stereocenters. The third-order valence-corrected chi connectivity index (χ3v) is 13.7. The van der Waals surface area contributed by atoms with Crippen molar-refractivity contribution in [3.63, 3.8) is 0 Å². The van der Waals surface area contributed by atoms with Crippen LogP contribution in [0.4, 0.5) is 0 Å². The van der Waals surface area contributed by atoms with Crippen molar-refractivity contribution in [3.8, 4) is 45.0 Å². The molecule has 4 heteroatoms. The highest BCUT2D eigenvalue weighted by atomic mass is 14.9. The molecular formula is C73H98N4+4. The second-order valence-corrected chi connectivity index (χ2v) is 21.3. The van der Waals surface area contributed by atoms with Crippen molar-refractivity contribution in [3.05, 3.63) is 210 Å². The molecule has 0 N–H and O–H groups in total. The van der Waals surface area contributed by atoms with Crippen molar-refractivity contribution in [1.82, 2.24) is 0 Å². The minimum Gasteiger partial charge on any atom is -0.201 e. The second kappa shape index (κ2) is 26.7. The lowest BCUT2D eigenvalue weighted by atomic mass is 9.96. The molecule has 0 radical (unpaired) electrons. The number of pyridine rings is 4. The van der Waals surface area contributed by atoms with Crippen LogP contribution in [0.1, 0.15) is 173 Å². The first-order valence-electron chi connectivity index (χ1n) is 37.7. The Kier molecular flexibility index (Phi) is 12.4. The quantitative estimate of drug-likeness (QED) is 0.128. The van der Waals surface area contributed by atoms with Crippen LogP contribution in [0.25, 0.3) is 45.0 Å². The zero-order valence-electron chi connectivity index (χ0n) is 71.9. The van der Waals surface area contributed by atoms with E-state index in [0.29, 0.717) is 22.5 Å². The molecular weight excluding hydrogens is 933 g/mol. The predicted molar refractivity (Wildman–Crippen MR) is 330 cm³/mol. The van der Waals surface area contributed by atoms with E-state index in [2.05, 4.69) is 70.6 Å². The molecule has 0 spiro atoms. The maximum Gasteiger partial charge on any atom is 0.212 e. The Morgan fingerprint density at radius 1 is 0.377 bits per heavy atom. The Morgan fingerprint density at radius 3 is 1.14 bits per heavy atom. The number of hydrogen-bond donors (Lipinski definition) is 0. The fourth-order valence-electron chi connectivity index (χ4n) is 9.41. The van der Waals surface area contributed by atoms with Gasteiger partial charge in [0.25, 0.3) is 0 Å². The van der Waals surface area contributed by atoms with Gasteiger partial charge in [0.2, 0.25) is 22.8 Å². The van der Waals surface area contributed by atoms with Crippen LogP contribution in [-0.4, -0.2) is 0 Å². The van der Waals surface area contributed by atoms with Gasteiger partial charge in [0, 0.05) is 100 Å². The number of aromatic nitrogens is 4. The molecule has 406 valence electrons. The SMILES string of the molecule is Cc1cc(C)c(C)c(-c2cc(C)c(C)c[n+]2C)c1.[2H]C([2H])([2H])c1ccc(-c2cc(C([2H])([2H])C(C)C)c(C([2H])([2H])[2H])c[n+]2C)c(C)c1.[2H]C([2H])([2H])c1ccc(-c2cc(C([2H])([2H])C(C)C)c(C([2H])([2H])[2H])c[n+]2C)c(C)c1.[2H]C([2H])([2H])c1ccc(-c2cc(C)c(C([2H])(C)C([2H])([2H])[2H])c[n+]2C)c(C)c1. The molecule has 0 aliphatic carbocycles. The molecule has 8 aromatic rings. The molecule has 77 heavy (non-hydrogen) atoms. The normalized spacial score (nSPS) is 17.6. The van der Waals surface area contributed by atoms with E-state index in [9.17, 15) is 0 Å². The predicted octanol–water partition coefficient (Wildman–Crippen LogP) is 16.6. The van der Waals surface area contributed by atoms with E-state index in [0.717, 1.165) is 39.1 Å². The summed E-state index contributed by atoms with van der Waals surface area (Å²) >= 11 is 0. The smallest absolute Gasteiger partial charge is 0.201 e. The van der Waals surface area contributed by atoms with Crippen LogP contribution >= 0.6 is 0 Å². The lowest BCUT2D eigenvalue weighted by Gasteiger charge is -2.11. The van der Waals surface area contributed by atoms with Crippen LogP contribution in [0.15, 0.2) is 116 Å². The van der Waals surface area contributed by atoms with Gasteiger partial charge in [0.05, 0.1) is 0 Å². The van der Waals surface area contributed by atoms with Gasteiger partial charge < -0.3 is 0 Å². The topological polar surface area (TPSA) is 15.5 Å². The summed E-state index contributed by atoms with van der Waals surface area (Å²) in [5.74, 6) is -2.56. The van der Waals surface area contributed by atoms with Gasteiger partial charge in [0.15, 0.2) is 24.8 Å². The highest BCUT2D eigenvalue weighted by Gasteiger charge is 2.20. The van der Waals surface area contributed by atoms with E-state index in [1.54, 1.807) is 144 Å². The summed E-state index contributed by atoms with van der Waals surface area (Å²) < 4.78 is 188. The molecule has 0 aliphatic rings. The van der Waals surface area contributed by atoms with Crippen molar-refractivity contribution < 1.29 is 49.8 Å². The summed E-state index contributed by atoms with van der Waals surface area (Å²) in [6.07, 6.45) is 3.13. The molecule has 4 aromatic carbocycles. The molecule has 4 aromatic heterocycles. The first-order valence-corrected chi connectivity index (χ1v) is 26.2. The number of hydrogen-bond acceptors (Lipinski definition) is 0. The van der Waals surface area contributed by atoms with Gasteiger partial charge in [-0.1, -0.05) is 106 Å². The van der Waals surface area contributed by atoms with Crippen molar-refractivity contribution in [1.29, 1.82) is 0 Å². The third-order valence-electron chi connectivity index (χ3n) is 13.7. The van der Waals surface area contributed by atoms with E-state index >= 15 is 0 Å². The minimum atomic E-state index is -2.45. The standard InChI is InChI=1S/2C19H26N.C18H24N.C17H22N/c2*1-13(2)9-17-11-19(20(6)12-16(17)5)18-8-7-14(3)10-15(18)4;1-12(2)17-11-19(6)18(10-15(17)5)16-8-7-13(3)9-14(16)4;1-11-7-13(3)15(5)16(8-11)17-9-12(2)14(4)10-18(17)6/h2*7-8,10-13H,9H2,1-6H3;7-12H,1-6H3;7-10H,1-6H3/q4*+1/i2*3D3,5D3,9D2;1D3,3D3,12D;. The number of aryl methyl sites for hydroxylation is 17. The van der Waals surface area contributed by atoms with Gasteiger partial charge in [-0.05, 0) is 201 Å². The molecule has 0 saturated heterocycles. The molecule has 4 heterocycles. The molecule has 4 nitrogen and oxygen atoms in total. The van der Waals surface area contributed by atoms with E-state index in [1.165, 1.54) is 70.5 Å². The maximum atomic E-state index is 8.48. The van der Waals surface area contributed by atoms with Crippen LogP contribution < -0.4 is 18.3 Å². The minimum absolute atomic E-state index is 0.0192. The molecule has 1 atom stereocenters. The van der Waals surface area contributed by atoms with E-state index < -0.39 is 71.6 Å². The number of benzene rings is 4. The van der Waals surface area contributed by atoms with Crippen molar-refractivity contribution >= 4 is 0 Å². The molecule has 0 saturated carbocycles. The number of rotatable bonds is 9. The summed E-state index contributed by atoms with van der Waals surface area (Å²) in [4.78, 5) is 0. The van der Waals surface area contributed by atoms with Crippen LogP contribution in [0.5, 0.6) is 0 Å². The Balaban J connectivity index is 0.000000243. The van der Waals surface area contributed by atoms with Gasteiger partial charge in [-0.25, -0.2) is 18.3 Å². The Morgan fingerprint density at radius 2 is 0.753 bits per heavy atom. The third kappa shape index (κ3) is 16.0. The largest absolute Gasteiger partial charge is 0.212 e. The zero-order chi connectivity index (χ0) is 76.8. The van der Waals surface area contributed by atoms with Gasteiger partial charge in [-0.3, -0.25) is 0 Å². The van der Waals surface area contributed by atoms with Gasteiger partial charge >= 0.3 is 0 Å². The van der Waals surface area contributed by atoms with E-state index in [4.69, 9.17) is 31.5 Å². The Labute approximate surface area is 500 Å². The molecule has 0 amide bonds. The van der Waals surface area contributed by atoms with Crippen LogP contribution in [-0.2, 0) is 40.9 Å². The zero-order valence-corrected chi connectivity index (χ0v) is 48.9. The lowest BCUT2D eigenvalue weighted by Crippen LogP contribution is -2.32. The van der Waals surface area contributed by atoms with E-state index in [-0.39, 0.29) is 38.9 Å². The van der Waals surface area contributed by atoms with Crippen LogP contribution in [0.2, 0.25) is 0 Å². The summed E-state index contributed by atoms with van der Waals surface area (Å²) in [6, 6.07) is 26.5. The first-order chi connectivity index (χ1) is 45.2. The van der Waals surface area contributed by atoms with Crippen LogP contribution in [0.3, 0.4) is 0 Å². The fourth-order valence-corrected chi connectivity index (χ4v) is 9.41. The average molecular weight is 1050 g/mol. The lowest BCUT2D eigenvalue weighted by molar-refractivity contribution is -0.661. The van der Waals surface area contributed by atoms with Gasteiger partial charge in [-0.2, -0.15) is 0 Å². The molecule has 0 aliphatic heterocycles. The summed E-state index contributed by atoms with van der Waals surface area (Å²) in [5.41, 5.74) is 18.2. The Hall–Kier alpha value is -6.52. The van der Waals surface area contributed by atoms with E-state index in [1.807, 2.05) is 13.0 Å². The molecule has 8 rings (SSSR count). The first kappa shape index (κ1) is 35.8. The number of nitrogens with zero attached hydrogens (tertiary/aromatic N) is 4. The molecule has 0 fully saturated rings. The maximum absolute atomic E-state index is 8.48. The Bertz CT molecular complexity index is 4150. The summed E-state index contributed by atoms with van der Waals surface area (Å²) in [7, 11) is 7.33. The fraction of sp³-hybridized carbons (Fsp3) is 0.397. The average Bonchev–Trinajstić information content (AvgIpc) is 0.768. The summed E-state index contributed by atoms with van der Waals surface area (Å²) in [5, 5.41) is 0. The highest BCUT2D eigenvalue weighted by Crippen LogP contribution is 2.29. The van der Waals surface area contributed by atoms with Crippen molar-refractivity contribution in [2.75, 3.05) is 0 Å². The van der Waals surface area contributed by atoms with Gasteiger partial charge in [0.1, 0.15) is 28.2 Å². The monoisotopic (exact) mass is 1050 g/mol. The van der Waals surface area contributed by atoms with Crippen molar-refractivity contribution in [2.24, 2.45) is 40.0 Å². The van der Waals surface area contributed by atoms with Gasteiger partial charge in [-0.15, -0.1) is 0 Å². The van der Waals surface area contributed by atoms with Crippen molar-refractivity contribution in [2.45, 2.75) is 157 Å². The molecule has 0 bridgehead atoms. The summed E-state index contributed by atoms with van der Waals surface area (Å²) in [6.45, 7) is 12.5.